The topological polar surface area (TPSA) is 25.2 Å². The predicted octanol–water partition coefficient (Wildman–Crippen LogP) is 4.91. The molecule has 1 saturated carbocycles. The fourth-order valence-corrected chi connectivity index (χ4v) is 3.61. The summed E-state index contributed by atoms with van der Waals surface area (Å²) in [7, 11) is 0. The average Bonchev–Trinajstić information content (AvgIpc) is 2.73. The fourth-order valence-electron chi connectivity index (χ4n) is 3.30. The summed E-state index contributed by atoms with van der Waals surface area (Å²) >= 11 is 3.41. The van der Waals surface area contributed by atoms with Crippen LogP contribution in [0.25, 0.3) is 0 Å². The molecule has 2 atom stereocenters. The highest BCUT2D eigenvalue weighted by Gasteiger charge is 2.39. The van der Waals surface area contributed by atoms with Crippen LogP contribution in [0, 0.1) is 11.3 Å². The lowest BCUT2D eigenvalue weighted by molar-refractivity contribution is 0.0896. The van der Waals surface area contributed by atoms with Crippen LogP contribution in [0.3, 0.4) is 0 Å². The van der Waals surface area contributed by atoms with Crippen molar-refractivity contribution in [3.05, 3.63) is 22.6 Å². The molecule has 0 saturated heterocycles. The first-order valence-corrected chi connectivity index (χ1v) is 7.82. The number of nitrogens with one attached hydrogen (secondary N) is 1. The Hall–Kier alpha value is -0.280. The molecule has 1 heterocycles. The molecule has 3 heteroatoms. The molecule has 1 fully saturated rings. The lowest BCUT2D eigenvalue weighted by Crippen LogP contribution is -2.38. The Bertz CT molecular complexity index is 386. The quantitative estimate of drug-likeness (QED) is 0.854. The molecule has 1 N–H and O–H groups in total. The summed E-state index contributed by atoms with van der Waals surface area (Å²) in [5, 5.41) is 3.62. The van der Waals surface area contributed by atoms with Gasteiger partial charge in [0.15, 0.2) is 4.67 Å². The molecule has 2 unspecified atom stereocenters. The maximum atomic E-state index is 5.80. The zero-order valence-electron chi connectivity index (χ0n) is 11.6. The molecule has 1 aliphatic carbocycles. The van der Waals surface area contributed by atoms with E-state index in [2.05, 4.69) is 48.1 Å². The van der Waals surface area contributed by atoms with Crippen molar-refractivity contribution >= 4 is 15.9 Å². The van der Waals surface area contributed by atoms with E-state index in [0.717, 1.165) is 17.0 Å². The van der Waals surface area contributed by atoms with Crippen LogP contribution in [0.2, 0.25) is 0 Å². The Morgan fingerprint density at radius 3 is 2.78 bits per heavy atom. The standard InChI is InChI=1S/C15H24BrNO/c1-4-17-14(12-8-9-13(16)18-12)11-7-5-6-10-15(11,2)3/h8-9,11,14,17H,4-7,10H2,1-3H3. The number of hydrogen-bond donors (Lipinski definition) is 1. The smallest absolute Gasteiger partial charge is 0.169 e. The second-order valence-electron chi connectivity index (χ2n) is 6.02. The highest BCUT2D eigenvalue weighted by molar-refractivity contribution is 9.10. The predicted molar refractivity (Wildman–Crippen MR) is 78.6 cm³/mol. The molecule has 2 nitrogen and oxygen atoms in total. The maximum absolute atomic E-state index is 5.80. The van der Waals surface area contributed by atoms with Gasteiger partial charge in [-0.2, -0.15) is 0 Å². The van der Waals surface area contributed by atoms with E-state index in [4.69, 9.17) is 4.42 Å². The summed E-state index contributed by atoms with van der Waals surface area (Å²) in [5.41, 5.74) is 0.393. The van der Waals surface area contributed by atoms with Gasteiger partial charge in [-0.1, -0.05) is 33.6 Å². The third-order valence-corrected chi connectivity index (χ3v) is 4.74. The third kappa shape index (κ3) is 3.00. The van der Waals surface area contributed by atoms with Gasteiger partial charge in [0.05, 0.1) is 6.04 Å². The monoisotopic (exact) mass is 313 g/mol. The SMILES string of the molecule is CCNC(c1ccc(Br)o1)C1CCCCC1(C)C. The van der Waals surface area contributed by atoms with Crippen LogP contribution in [0.4, 0.5) is 0 Å². The molecule has 0 aromatic carbocycles. The highest BCUT2D eigenvalue weighted by Crippen LogP contribution is 2.47. The van der Waals surface area contributed by atoms with Crippen LogP contribution >= 0.6 is 15.9 Å². The van der Waals surface area contributed by atoms with Gasteiger partial charge in [0, 0.05) is 0 Å². The average molecular weight is 314 g/mol. The molecule has 0 amide bonds. The largest absolute Gasteiger partial charge is 0.453 e. The fraction of sp³-hybridized carbons (Fsp3) is 0.733. The van der Waals surface area contributed by atoms with Gasteiger partial charge < -0.3 is 9.73 Å². The Morgan fingerprint density at radius 2 is 2.22 bits per heavy atom. The summed E-state index contributed by atoms with van der Waals surface area (Å²) in [6, 6.07) is 4.44. The van der Waals surface area contributed by atoms with E-state index in [9.17, 15) is 0 Å². The number of furan rings is 1. The van der Waals surface area contributed by atoms with E-state index in [-0.39, 0.29) is 0 Å². The van der Waals surface area contributed by atoms with Crippen LogP contribution in [-0.2, 0) is 0 Å². The van der Waals surface area contributed by atoms with Crippen molar-refractivity contribution in [2.75, 3.05) is 6.54 Å². The van der Waals surface area contributed by atoms with Crippen molar-refractivity contribution in [1.29, 1.82) is 0 Å². The summed E-state index contributed by atoms with van der Waals surface area (Å²) in [4.78, 5) is 0. The van der Waals surface area contributed by atoms with Crippen LogP contribution in [-0.4, -0.2) is 6.54 Å². The van der Waals surface area contributed by atoms with E-state index >= 15 is 0 Å². The van der Waals surface area contributed by atoms with Gasteiger partial charge in [-0.05, 0) is 58.8 Å². The second-order valence-corrected chi connectivity index (χ2v) is 6.80. The summed E-state index contributed by atoms with van der Waals surface area (Å²) in [6.07, 6.45) is 5.33. The third-order valence-electron chi connectivity index (χ3n) is 4.32. The van der Waals surface area contributed by atoms with Crippen molar-refractivity contribution in [3.63, 3.8) is 0 Å². The molecular formula is C15H24BrNO. The van der Waals surface area contributed by atoms with Crippen molar-refractivity contribution < 1.29 is 4.42 Å². The van der Waals surface area contributed by atoms with Crippen molar-refractivity contribution in [2.24, 2.45) is 11.3 Å². The minimum atomic E-state index is 0.344. The molecule has 1 aromatic rings. The molecular weight excluding hydrogens is 290 g/mol. The Labute approximate surface area is 119 Å². The first-order valence-electron chi connectivity index (χ1n) is 7.03. The summed E-state index contributed by atoms with van der Waals surface area (Å²) in [6.45, 7) is 7.95. The Kier molecular flexibility index (Phi) is 4.54. The highest BCUT2D eigenvalue weighted by atomic mass is 79.9. The van der Waals surface area contributed by atoms with Crippen molar-refractivity contribution in [2.45, 2.75) is 52.5 Å². The molecule has 0 radical (unpaired) electrons. The van der Waals surface area contributed by atoms with Crippen molar-refractivity contribution in [1.82, 2.24) is 5.32 Å². The zero-order chi connectivity index (χ0) is 13.2. The normalized spacial score (nSPS) is 25.0. The number of hydrogen-bond acceptors (Lipinski definition) is 2. The van der Waals surface area contributed by atoms with Gasteiger partial charge in [0.2, 0.25) is 0 Å². The van der Waals surface area contributed by atoms with Crippen LogP contribution < -0.4 is 5.32 Å². The van der Waals surface area contributed by atoms with E-state index in [1.54, 1.807) is 0 Å². The number of rotatable bonds is 4. The molecule has 18 heavy (non-hydrogen) atoms. The molecule has 102 valence electrons. The van der Waals surface area contributed by atoms with Gasteiger partial charge in [-0.25, -0.2) is 0 Å². The van der Waals surface area contributed by atoms with E-state index in [0.29, 0.717) is 17.4 Å². The molecule has 0 bridgehead atoms. The van der Waals surface area contributed by atoms with Crippen LogP contribution in [0.15, 0.2) is 21.2 Å². The van der Waals surface area contributed by atoms with E-state index < -0.39 is 0 Å². The number of halogens is 1. The minimum absolute atomic E-state index is 0.344. The zero-order valence-corrected chi connectivity index (χ0v) is 13.2. The van der Waals surface area contributed by atoms with Gasteiger partial charge in [0.1, 0.15) is 5.76 Å². The minimum Gasteiger partial charge on any atom is -0.453 e. The molecule has 1 aliphatic rings. The lowest BCUT2D eigenvalue weighted by atomic mass is 9.65. The van der Waals surface area contributed by atoms with Gasteiger partial charge in [0.25, 0.3) is 0 Å². The second kappa shape index (κ2) is 5.79. The van der Waals surface area contributed by atoms with E-state index in [1.807, 2.05) is 6.07 Å². The van der Waals surface area contributed by atoms with Crippen LogP contribution in [0.1, 0.15) is 58.3 Å². The summed E-state index contributed by atoms with van der Waals surface area (Å²) < 4.78 is 6.63. The van der Waals surface area contributed by atoms with Crippen LogP contribution in [0.5, 0.6) is 0 Å². The first kappa shape index (κ1) is 14.1. The molecule has 0 spiro atoms. The lowest BCUT2D eigenvalue weighted by Gasteiger charge is -2.42. The van der Waals surface area contributed by atoms with Gasteiger partial charge in [-0.15, -0.1) is 0 Å². The summed E-state index contributed by atoms with van der Waals surface area (Å²) in [5.74, 6) is 1.73. The Balaban J connectivity index is 2.23. The van der Waals surface area contributed by atoms with E-state index in [1.165, 1.54) is 25.7 Å². The Morgan fingerprint density at radius 1 is 1.44 bits per heavy atom. The van der Waals surface area contributed by atoms with Gasteiger partial charge >= 0.3 is 0 Å². The van der Waals surface area contributed by atoms with Crippen molar-refractivity contribution in [3.8, 4) is 0 Å². The van der Waals surface area contributed by atoms with Gasteiger partial charge in [-0.3, -0.25) is 0 Å². The molecule has 0 aliphatic heterocycles. The molecule has 1 aromatic heterocycles. The molecule has 2 rings (SSSR count). The first-order chi connectivity index (χ1) is 8.54. The maximum Gasteiger partial charge on any atom is 0.169 e.